The number of nitrogens with one attached hydrogen (secondary N) is 1. The maximum atomic E-state index is 12.0. The van der Waals surface area contributed by atoms with Crippen molar-refractivity contribution in [1.82, 2.24) is 0 Å². The number of aryl methyl sites for hydroxylation is 1. The van der Waals surface area contributed by atoms with E-state index in [1.54, 1.807) is 12.1 Å². The number of hydrogen-bond acceptors (Lipinski definition) is 4. The van der Waals surface area contributed by atoms with Gasteiger partial charge >= 0.3 is 0 Å². The second kappa shape index (κ2) is 4.57. The molecule has 0 fully saturated rings. The van der Waals surface area contributed by atoms with Crippen LogP contribution in [0.3, 0.4) is 0 Å². The van der Waals surface area contributed by atoms with Gasteiger partial charge in [-0.2, -0.15) is 0 Å². The van der Waals surface area contributed by atoms with Crippen LogP contribution in [-0.2, 0) is 4.79 Å². The number of hydrogen-bond donors (Lipinski definition) is 1. The Bertz CT molecular complexity index is 762. The SMILES string of the molecule is Cc1ccsc1C=C1C(=O)Nc2ccc([N+](=O)[O-])cc21. The van der Waals surface area contributed by atoms with E-state index in [0.717, 1.165) is 10.4 Å². The number of carbonyl (C=O) groups excluding carboxylic acids is 1. The first-order valence-corrected chi connectivity index (χ1v) is 6.80. The third kappa shape index (κ3) is 2.00. The van der Waals surface area contributed by atoms with Gasteiger partial charge in [-0.25, -0.2) is 0 Å². The Morgan fingerprint density at radius 2 is 2.15 bits per heavy atom. The molecule has 0 radical (unpaired) electrons. The summed E-state index contributed by atoms with van der Waals surface area (Å²) in [4.78, 5) is 23.4. The van der Waals surface area contributed by atoms with Gasteiger partial charge in [0.1, 0.15) is 0 Å². The molecule has 0 unspecified atom stereocenters. The highest BCUT2D eigenvalue weighted by molar-refractivity contribution is 7.11. The summed E-state index contributed by atoms with van der Waals surface area (Å²) in [5.41, 5.74) is 2.72. The lowest BCUT2D eigenvalue weighted by Crippen LogP contribution is -2.03. The highest BCUT2D eigenvalue weighted by Gasteiger charge is 2.26. The highest BCUT2D eigenvalue weighted by atomic mass is 32.1. The Morgan fingerprint density at radius 3 is 2.80 bits per heavy atom. The molecule has 1 amide bonds. The van der Waals surface area contributed by atoms with Gasteiger partial charge in [-0.15, -0.1) is 11.3 Å². The van der Waals surface area contributed by atoms with E-state index in [0.29, 0.717) is 16.8 Å². The lowest BCUT2D eigenvalue weighted by molar-refractivity contribution is -0.384. The normalized spacial score (nSPS) is 15.2. The summed E-state index contributed by atoms with van der Waals surface area (Å²) in [6.45, 7) is 1.96. The third-order valence-electron chi connectivity index (χ3n) is 3.17. The number of benzene rings is 1. The molecular weight excluding hydrogens is 276 g/mol. The topological polar surface area (TPSA) is 72.2 Å². The molecule has 1 aliphatic heterocycles. The molecule has 20 heavy (non-hydrogen) atoms. The summed E-state index contributed by atoms with van der Waals surface area (Å²) in [7, 11) is 0. The molecule has 2 aromatic rings. The molecule has 6 heteroatoms. The van der Waals surface area contributed by atoms with E-state index in [4.69, 9.17) is 0 Å². The van der Waals surface area contributed by atoms with Crippen molar-refractivity contribution in [3.8, 4) is 0 Å². The van der Waals surface area contributed by atoms with Crippen molar-refractivity contribution in [3.05, 3.63) is 55.8 Å². The summed E-state index contributed by atoms with van der Waals surface area (Å²) in [6.07, 6.45) is 1.78. The van der Waals surface area contributed by atoms with Crippen LogP contribution in [0.25, 0.3) is 11.6 Å². The molecule has 0 saturated heterocycles. The van der Waals surface area contributed by atoms with Crippen LogP contribution in [-0.4, -0.2) is 10.8 Å². The van der Waals surface area contributed by atoms with Crippen LogP contribution in [0.2, 0.25) is 0 Å². The van der Waals surface area contributed by atoms with Crippen LogP contribution < -0.4 is 5.32 Å². The van der Waals surface area contributed by atoms with E-state index in [9.17, 15) is 14.9 Å². The maximum Gasteiger partial charge on any atom is 0.270 e. The zero-order chi connectivity index (χ0) is 14.3. The third-order valence-corrected chi connectivity index (χ3v) is 4.14. The monoisotopic (exact) mass is 286 g/mol. The Labute approximate surface area is 118 Å². The van der Waals surface area contributed by atoms with Gasteiger partial charge in [-0.1, -0.05) is 0 Å². The van der Waals surface area contributed by atoms with Crippen LogP contribution in [0.5, 0.6) is 0 Å². The van der Waals surface area contributed by atoms with Crippen molar-refractivity contribution >= 4 is 40.3 Å². The van der Waals surface area contributed by atoms with Gasteiger partial charge in [0.15, 0.2) is 0 Å². The predicted octanol–water partition coefficient (Wildman–Crippen LogP) is 3.46. The maximum absolute atomic E-state index is 12.0. The Morgan fingerprint density at radius 1 is 1.35 bits per heavy atom. The number of anilines is 1. The van der Waals surface area contributed by atoms with Crippen LogP contribution in [0, 0.1) is 17.0 Å². The lowest BCUT2D eigenvalue weighted by Gasteiger charge is -1.98. The molecule has 100 valence electrons. The quantitative estimate of drug-likeness (QED) is 0.522. The van der Waals surface area contributed by atoms with Gasteiger partial charge in [0, 0.05) is 28.3 Å². The number of fused-ring (bicyclic) bond motifs is 1. The molecule has 0 spiro atoms. The van der Waals surface area contributed by atoms with Crippen molar-refractivity contribution in [2.24, 2.45) is 0 Å². The number of nitrogens with zero attached hydrogens (tertiary/aromatic N) is 1. The molecule has 0 saturated carbocycles. The Hall–Kier alpha value is -2.47. The van der Waals surface area contributed by atoms with Crippen molar-refractivity contribution in [2.45, 2.75) is 6.92 Å². The van der Waals surface area contributed by atoms with Crippen LogP contribution in [0.1, 0.15) is 16.0 Å². The van der Waals surface area contributed by atoms with E-state index >= 15 is 0 Å². The standard InChI is InChI=1S/C14H10N2O3S/c1-8-4-5-20-13(8)7-11-10-6-9(16(18)19)2-3-12(10)15-14(11)17/h2-7H,1H3,(H,15,17). The van der Waals surface area contributed by atoms with E-state index in [2.05, 4.69) is 5.32 Å². The number of thiophene rings is 1. The zero-order valence-electron chi connectivity index (χ0n) is 10.5. The lowest BCUT2D eigenvalue weighted by atomic mass is 10.1. The molecule has 0 aliphatic carbocycles. The largest absolute Gasteiger partial charge is 0.321 e. The molecule has 1 aliphatic rings. The summed E-state index contributed by atoms with van der Waals surface area (Å²) >= 11 is 1.53. The zero-order valence-corrected chi connectivity index (χ0v) is 11.4. The van der Waals surface area contributed by atoms with Crippen LogP contribution in [0.15, 0.2) is 29.6 Å². The summed E-state index contributed by atoms with van der Waals surface area (Å²) < 4.78 is 0. The fraction of sp³-hybridized carbons (Fsp3) is 0.0714. The number of rotatable bonds is 2. The predicted molar refractivity (Wildman–Crippen MR) is 78.7 cm³/mol. The molecule has 5 nitrogen and oxygen atoms in total. The molecular formula is C14H10N2O3S. The van der Waals surface area contributed by atoms with Gasteiger partial charge in [-0.05, 0) is 36.1 Å². The summed E-state index contributed by atoms with van der Waals surface area (Å²) in [5.74, 6) is -0.228. The molecule has 2 heterocycles. The molecule has 0 bridgehead atoms. The number of non-ortho nitro benzene ring substituents is 1. The van der Waals surface area contributed by atoms with E-state index in [1.165, 1.54) is 23.5 Å². The van der Waals surface area contributed by atoms with Crippen molar-refractivity contribution < 1.29 is 9.72 Å². The van der Waals surface area contributed by atoms with E-state index in [1.807, 2.05) is 18.4 Å². The van der Waals surface area contributed by atoms with Crippen LogP contribution in [0.4, 0.5) is 11.4 Å². The molecule has 0 atom stereocenters. The average molecular weight is 286 g/mol. The van der Waals surface area contributed by atoms with Crippen molar-refractivity contribution in [3.63, 3.8) is 0 Å². The van der Waals surface area contributed by atoms with E-state index in [-0.39, 0.29) is 11.6 Å². The van der Waals surface area contributed by atoms with Gasteiger partial charge in [0.2, 0.25) is 0 Å². The second-order valence-electron chi connectivity index (χ2n) is 4.47. The fourth-order valence-electron chi connectivity index (χ4n) is 2.10. The number of carbonyl (C=O) groups is 1. The molecule has 1 aromatic heterocycles. The average Bonchev–Trinajstić information content (AvgIpc) is 2.94. The van der Waals surface area contributed by atoms with Gasteiger partial charge in [0.25, 0.3) is 11.6 Å². The number of nitro groups is 1. The second-order valence-corrected chi connectivity index (χ2v) is 5.41. The molecule has 1 aromatic carbocycles. The van der Waals surface area contributed by atoms with E-state index < -0.39 is 4.92 Å². The minimum atomic E-state index is -0.461. The molecule has 3 rings (SSSR count). The Balaban J connectivity index is 2.13. The van der Waals surface area contributed by atoms with Gasteiger partial charge in [-0.3, -0.25) is 14.9 Å². The number of amides is 1. The first kappa shape index (κ1) is 12.6. The first-order valence-electron chi connectivity index (χ1n) is 5.92. The first-order chi connectivity index (χ1) is 9.56. The van der Waals surface area contributed by atoms with Crippen molar-refractivity contribution in [1.29, 1.82) is 0 Å². The smallest absolute Gasteiger partial charge is 0.270 e. The highest BCUT2D eigenvalue weighted by Crippen LogP contribution is 2.36. The fourth-order valence-corrected chi connectivity index (χ4v) is 2.95. The van der Waals surface area contributed by atoms with Gasteiger partial charge < -0.3 is 5.32 Å². The Kier molecular flexibility index (Phi) is 2.87. The van der Waals surface area contributed by atoms with Crippen LogP contribution >= 0.6 is 11.3 Å². The molecule has 1 N–H and O–H groups in total. The van der Waals surface area contributed by atoms with Crippen molar-refractivity contribution in [2.75, 3.05) is 5.32 Å². The minimum absolute atomic E-state index is 0.0194. The summed E-state index contributed by atoms with van der Waals surface area (Å²) in [6, 6.07) is 6.35. The summed E-state index contributed by atoms with van der Waals surface area (Å²) in [5, 5.41) is 15.5. The van der Waals surface area contributed by atoms with Gasteiger partial charge in [0.05, 0.1) is 10.5 Å². The number of nitro benzene ring substituents is 1. The minimum Gasteiger partial charge on any atom is -0.321 e.